The molecule has 1 saturated heterocycles. The van der Waals surface area contributed by atoms with Gasteiger partial charge in [0.2, 0.25) is 11.8 Å². The third-order valence-electron chi connectivity index (χ3n) is 3.67. The van der Waals surface area contributed by atoms with E-state index in [-0.39, 0.29) is 30.3 Å². The smallest absolute Gasteiger partial charge is 0.231 e. The molecule has 1 unspecified atom stereocenters. The zero-order valence-electron chi connectivity index (χ0n) is 10.8. The van der Waals surface area contributed by atoms with Crippen molar-refractivity contribution in [1.82, 2.24) is 4.90 Å². The first kappa shape index (κ1) is 14.0. The Balaban J connectivity index is 2.22. The molecular formula is C13H19N3O2S. The predicted octanol–water partition coefficient (Wildman–Crippen LogP) is 0.486. The van der Waals surface area contributed by atoms with Crippen LogP contribution in [0.3, 0.4) is 0 Å². The summed E-state index contributed by atoms with van der Waals surface area (Å²) in [4.78, 5) is 25.8. The summed E-state index contributed by atoms with van der Waals surface area (Å²) < 4.78 is 0. The summed E-state index contributed by atoms with van der Waals surface area (Å²) in [5, 5.41) is 2.01. The normalized spacial score (nSPS) is 23.6. The fourth-order valence-electron chi connectivity index (χ4n) is 2.95. The van der Waals surface area contributed by atoms with Gasteiger partial charge in [0, 0.05) is 23.3 Å². The fourth-order valence-corrected chi connectivity index (χ4v) is 3.79. The third-order valence-corrected chi connectivity index (χ3v) is 4.55. The SMILES string of the molecule is NC(=O)CN1CCCC1(CC(N)=O)Cc1cccs1. The number of likely N-dealkylation sites (tertiary alicyclic amines) is 1. The average molecular weight is 281 g/mol. The van der Waals surface area contributed by atoms with Crippen LogP contribution in [0.25, 0.3) is 0 Å². The molecule has 1 aliphatic heterocycles. The summed E-state index contributed by atoms with van der Waals surface area (Å²) in [6.07, 6.45) is 2.87. The Hall–Kier alpha value is -1.40. The van der Waals surface area contributed by atoms with Crippen LogP contribution in [0, 0.1) is 0 Å². The van der Waals surface area contributed by atoms with Gasteiger partial charge in [0.1, 0.15) is 0 Å². The zero-order chi connectivity index (χ0) is 13.9. The van der Waals surface area contributed by atoms with Crippen molar-refractivity contribution in [3.63, 3.8) is 0 Å². The molecule has 0 aliphatic carbocycles. The lowest BCUT2D eigenvalue weighted by atomic mass is 9.87. The maximum absolute atomic E-state index is 11.4. The second kappa shape index (κ2) is 5.71. The van der Waals surface area contributed by atoms with Gasteiger partial charge in [-0.25, -0.2) is 0 Å². The molecule has 2 amide bonds. The first-order valence-electron chi connectivity index (χ1n) is 6.36. The molecule has 0 bridgehead atoms. The molecule has 1 aromatic heterocycles. The monoisotopic (exact) mass is 281 g/mol. The van der Waals surface area contributed by atoms with Crippen molar-refractivity contribution in [2.75, 3.05) is 13.1 Å². The van der Waals surface area contributed by atoms with E-state index in [2.05, 4.69) is 0 Å². The molecule has 0 radical (unpaired) electrons. The van der Waals surface area contributed by atoms with Gasteiger partial charge in [0.25, 0.3) is 0 Å². The maximum Gasteiger partial charge on any atom is 0.231 e. The molecule has 4 N–H and O–H groups in total. The molecular weight excluding hydrogens is 262 g/mol. The molecule has 0 aromatic carbocycles. The van der Waals surface area contributed by atoms with E-state index >= 15 is 0 Å². The van der Waals surface area contributed by atoms with Crippen molar-refractivity contribution >= 4 is 23.2 Å². The van der Waals surface area contributed by atoms with Gasteiger partial charge in [-0.05, 0) is 30.8 Å². The number of carbonyl (C=O) groups excluding carboxylic acids is 2. The Morgan fingerprint density at radius 2 is 2.16 bits per heavy atom. The maximum atomic E-state index is 11.4. The zero-order valence-corrected chi connectivity index (χ0v) is 11.6. The summed E-state index contributed by atoms with van der Waals surface area (Å²) in [6, 6.07) is 4.04. The molecule has 104 valence electrons. The van der Waals surface area contributed by atoms with Gasteiger partial charge in [-0.2, -0.15) is 0 Å². The molecule has 0 spiro atoms. The minimum Gasteiger partial charge on any atom is -0.370 e. The van der Waals surface area contributed by atoms with Gasteiger partial charge in [-0.1, -0.05) is 6.07 Å². The number of hydrogen-bond acceptors (Lipinski definition) is 4. The highest BCUT2D eigenvalue weighted by molar-refractivity contribution is 7.09. The molecule has 1 fully saturated rings. The molecule has 5 nitrogen and oxygen atoms in total. The number of hydrogen-bond donors (Lipinski definition) is 2. The van der Waals surface area contributed by atoms with Crippen LogP contribution in [0.5, 0.6) is 0 Å². The van der Waals surface area contributed by atoms with E-state index < -0.39 is 0 Å². The minimum absolute atomic E-state index is 0.193. The Bertz CT molecular complexity index is 460. The summed E-state index contributed by atoms with van der Waals surface area (Å²) in [5.74, 6) is -0.685. The van der Waals surface area contributed by atoms with Gasteiger partial charge in [0.15, 0.2) is 0 Å². The van der Waals surface area contributed by atoms with Gasteiger partial charge in [-0.15, -0.1) is 11.3 Å². The highest BCUT2D eigenvalue weighted by atomic mass is 32.1. The Labute approximate surface area is 116 Å². The number of carbonyl (C=O) groups is 2. The number of primary amides is 2. The largest absolute Gasteiger partial charge is 0.370 e. The van der Waals surface area contributed by atoms with Crippen molar-refractivity contribution in [3.8, 4) is 0 Å². The van der Waals surface area contributed by atoms with Crippen molar-refractivity contribution in [2.45, 2.75) is 31.2 Å². The minimum atomic E-state index is -0.359. The molecule has 6 heteroatoms. The van der Waals surface area contributed by atoms with Crippen molar-refractivity contribution in [2.24, 2.45) is 11.5 Å². The predicted molar refractivity (Wildman–Crippen MR) is 74.6 cm³/mol. The van der Waals surface area contributed by atoms with Crippen LogP contribution in [-0.2, 0) is 16.0 Å². The second-order valence-electron chi connectivity index (χ2n) is 5.11. The van der Waals surface area contributed by atoms with Crippen LogP contribution in [0.2, 0.25) is 0 Å². The number of thiophene rings is 1. The summed E-state index contributed by atoms with van der Waals surface area (Å²) in [7, 11) is 0. The van der Waals surface area contributed by atoms with Gasteiger partial charge in [0.05, 0.1) is 6.54 Å². The summed E-state index contributed by atoms with van der Waals surface area (Å²) in [5.41, 5.74) is 10.4. The van der Waals surface area contributed by atoms with E-state index in [1.807, 2.05) is 22.4 Å². The molecule has 1 atom stereocenters. The molecule has 2 rings (SSSR count). The second-order valence-corrected chi connectivity index (χ2v) is 6.15. The van der Waals surface area contributed by atoms with Gasteiger partial charge in [-0.3, -0.25) is 14.5 Å². The lowest BCUT2D eigenvalue weighted by molar-refractivity contribution is -0.124. The quantitative estimate of drug-likeness (QED) is 0.795. The molecule has 1 aromatic rings. The van der Waals surface area contributed by atoms with Crippen LogP contribution in [0.1, 0.15) is 24.1 Å². The fraction of sp³-hybridized carbons (Fsp3) is 0.538. The Morgan fingerprint density at radius 1 is 1.37 bits per heavy atom. The lowest BCUT2D eigenvalue weighted by Gasteiger charge is -2.37. The van der Waals surface area contributed by atoms with Crippen LogP contribution in [0.15, 0.2) is 17.5 Å². The number of nitrogens with zero attached hydrogens (tertiary/aromatic N) is 1. The topological polar surface area (TPSA) is 89.4 Å². The van der Waals surface area contributed by atoms with Gasteiger partial charge >= 0.3 is 0 Å². The number of nitrogens with two attached hydrogens (primary N) is 2. The van der Waals surface area contributed by atoms with E-state index in [9.17, 15) is 9.59 Å². The summed E-state index contributed by atoms with van der Waals surface area (Å²) in [6.45, 7) is 0.986. The molecule has 19 heavy (non-hydrogen) atoms. The highest BCUT2D eigenvalue weighted by Crippen LogP contribution is 2.36. The van der Waals surface area contributed by atoms with E-state index in [1.54, 1.807) is 11.3 Å². The lowest BCUT2D eigenvalue weighted by Crippen LogP contribution is -2.51. The van der Waals surface area contributed by atoms with E-state index in [0.717, 1.165) is 25.8 Å². The van der Waals surface area contributed by atoms with Gasteiger partial charge < -0.3 is 11.5 Å². The third kappa shape index (κ3) is 3.33. The summed E-state index contributed by atoms with van der Waals surface area (Å²) >= 11 is 1.66. The Morgan fingerprint density at radius 3 is 2.74 bits per heavy atom. The van der Waals surface area contributed by atoms with Crippen LogP contribution < -0.4 is 11.5 Å². The van der Waals surface area contributed by atoms with Crippen molar-refractivity contribution < 1.29 is 9.59 Å². The number of rotatable bonds is 6. The van der Waals surface area contributed by atoms with Crippen molar-refractivity contribution in [3.05, 3.63) is 22.4 Å². The van der Waals surface area contributed by atoms with Crippen LogP contribution in [0.4, 0.5) is 0 Å². The average Bonchev–Trinajstić information content (AvgIpc) is 2.89. The standard InChI is InChI=1S/C13H19N3O2S/c14-11(17)8-13(7-10-3-1-6-19-10)4-2-5-16(13)9-12(15)18/h1,3,6H,2,4-5,7-9H2,(H2,14,17)(H2,15,18). The van der Waals surface area contributed by atoms with E-state index in [1.165, 1.54) is 4.88 Å². The van der Waals surface area contributed by atoms with Crippen molar-refractivity contribution in [1.29, 1.82) is 0 Å². The van der Waals surface area contributed by atoms with Crippen LogP contribution >= 0.6 is 11.3 Å². The molecule has 2 heterocycles. The first-order chi connectivity index (χ1) is 9.02. The van der Waals surface area contributed by atoms with E-state index in [4.69, 9.17) is 11.5 Å². The van der Waals surface area contributed by atoms with Crippen LogP contribution in [-0.4, -0.2) is 35.3 Å². The molecule has 0 saturated carbocycles. The highest BCUT2D eigenvalue weighted by Gasteiger charge is 2.42. The first-order valence-corrected chi connectivity index (χ1v) is 7.24. The Kier molecular flexibility index (Phi) is 4.21. The number of amides is 2. The molecule has 1 aliphatic rings. The van der Waals surface area contributed by atoms with E-state index in [0.29, 0.717) is 0 Å².